The van der Waals surface area contributed by atoms with Crippen molar-refractivity contribution in [3.8, 4) is 0 Å². The van der Waals surface area contributed by atoms with Crippen LogP contribution in [0.2, 0.25) is 0 Å². The van der Waals surface area contributed by atoms with Crippen molar-refractivity contribution in [3.63, 3.8) is 0 Å². The van der Waals surface area contributed by atoms with E-state index in [9.17, 15) is 31.2 Å². The number of carbonyl (C=O) groups is 2. The fourth-order valence-corrected chi connectivity index (χ4v) is 7.66. The number of sulfonamides is 1. The number of fused-ring (bicyclic) bond motifs is 1. The van der Waals surface area contributed by atoms with E-state index >= 15 is 0 Å². The summed E-state index contributed by atoms with van der Waals surface area (Å²) in [5, 5.41) is 9.22. The zero-order chi connectivity index (χ0) is 29.2. The van der Waals surface area contributed by atoms with E-state index in [1.807, 2.05) is 6.07 Å². The predicted molar refractivity (Wildman–Crippen MR) is 146 cm³/mol. The molecule has 2 fully saturated rings. The summed E-state index contributed by atoms with van der Waals surface area (Å²) in [7, 11) is -4.33. The lowest BCUT2D eigenvalue weighted by molar-refractivity contribution is -0.137. The molecule has 1 saturated carbocycles. The standard InChI is InChI=1S/C29H35F3N4O4S/c30-29(31,32)21-9-11-23(12-10-21)41(39,40)36-15-14-33-28(38)26(36)17-27(37)35-25-7-3-4-20-16-19(8-13-24(20)25)18-34-22-5-1-2-6-22/h8-13,16,22,25-26,34H,1-7,14-15,17-18H2,(H,33,38)(H,35,37)/t25-,26-/m1/s1. The molecule has 2 aromatic carbocycles. The minimum atomic E-state index is -4.61. The van der Waals surface area contributed by atoms with Crippen molar-refractivity contribution < 1.29 is 31.2 Å². The molecule has 1 aliphatic heterocycles. The molecular weight excluding hydrogens is 557 g/mol. The van der Waals surface area contributed by atoms with Gasteiger partial charge in [-0.1, -0.05) is 31.0 Å². The average Bonchev–Trinajstić information content (AvgIpc) is 3.46. The molecule has 2 aliphatic carbocycles. The van der Waals surface area contributed by atoms with Crippen molar-refractivity contribution in [1.29, 1.82) is 0 Å². The Bertz CT molecular complexity index is 1380. The van der Waals surface area contributed by atoms with Gasteiger partial charge in [-0.3, -0.25) is 9.59 Å². The molecule has 1 saturated heterocycles. The summed E-state index contributed by atoms with van der Waals surface area (Å²) in [6.45, 7) is 0.733. The minimum Gasteiger partial charge on any atom is -0.353 e. The summed E-state index contributed by atoms with van der Waals surface area (Å²) in [6, 6.07) is 8.41. The molecule has 0 spiro atoms. The molecule has 0 aromatic heterocycles. The van der Waals surface area contributed by atoms with E-state index in [-0.39, 0.29) is 24.0 Å². The Morgan fingerprint density at radius 2 is 1.76 bits per heavy atom. The first-order valence-corrected chi connectivity index (χ1v) is 15.6. The molecule has 3 N–H and O–H groups in total. The summed E-state index contributed by atoms with van der Waals surface area (Å²) < 4.78 is 66.5. The van der Waals surface area contributed by atoms with Crippen LogP contribution in [0.25, 0.3) is 0 Å². The molecule has 0 radical (unpaired) electrons. The normalized spacial score (nSPS) is 22.3. The maximum absolute atomic E-state index is 13.3. The second kappa shape index (κ2) is 12.1. The highest BCUT2D eigenvalue weighted by Crippen LogP contribution is 2.32. The minimum absolute atomic E-state index is 0.0325. The fourth-order valence-electron chi connectivity index (χ4n) is 6.08. The Morgan fingerprint density at radius 1 is 1.02 bits per heavy atom. The van der Waals surface area contributed by atoms with Gasteiger partial charge in [-0.2, -0.15) is 17.5 Å². The molecule has 8 nitrogen and oxygen atoms in total. The molecule has 0 unspecified atom stereocenters. The molecule has 2 amide bonds. The number of hydrogen-bond donors (Lipinski definition) is 3. The molecule has 2 atom stereocenters. The van der Waals surface area contributed by atoms with E-state index in [1.165, 1.54) is 36.8 Å². The molecule has 41 heavy (non-hydrogen) atoms. The molecular formula is C29H35F3N4O4S. The van der Waals surface area contributed by atoms with Crippen LogP contribution in [0.1, 0.15) is 73.2 Å². The zero-order valence-corrected chi connectivity index (χ0v) is 23.5. The van der Waals surface area contributed by atoms with Crippen LogP contribution in [-0.2, 0) is 38.8 Å². The Morgan fingerprint density at radius 3 is 2.46 bits per heavy atom. The molecule has 0 bridgehead atoms. The molecule has 12 heteroatoms. The van der Waals surface area contributed by atoms with Crippen molar-refractivity contribution in [2.75, 3.05) is 13.1 Å². The van der Waals surface area contributed by atoms with Gasteiger partial charge in [0.25, 0.3) is 0 Å². The third-order valence-electron chi connectivity index (χ3n) is 8.26. The molecule has 5 rings (SSSR count). The molecule has 3 aliphatic rings. The first-order chi connectivity index (χ1) is 19.5. The Labute approximate surface area is 238 Å². The quantitative estimate of drug-likeness (QED) is 0.432. The van der Waals surface area contributed by atoms with Crippen LogP contribution in [0.5, 0.6) is 0 Å². The number of benzene rings is 2. The number of carbonyl (C=O) groups excluding carboxylic acids is 2. The number of nitrogens with zero attached hydrogens (tertiary/aromatic N) is 1. The number of alkyl halides is 3. The SMILES string of the molecule is O=C(C[C@@H]1C(=O)NCCN1S(=O)(=O)c1ccc(C(F)(F)F)cc1)N[C@@H]1CCCc2cc(CNC3CCCC3)ccc21. The van der Waals surface area contributed by atoms with Crippen LogP contribution in [0.3, 0.4) is 0 Å². The summed E-state index contributed by atoms with van der Waals surface area (Å²) in [4.78, 5) is 25.5. The van der Waals surface area contributed by atoms with Crippen molar-refractivity contribution in [3.05, 3.63) is 64.7 Å². The van der Waals surface area contributed by atoms with Gasteiger partial charge in [-0.15, -0.1) is 0 Å². The van der Waals surface area contributed by atoms with Crippen LogP contribution >= 0.6 is 0 Å². The third-order valence-corrected chi connectivity index (χ3v) is 10.2. The second-order valence-electron chi connectivity index (χ2n) is 11.1. The maximum atomic E-state index is 13.3. The monoisotopic (exact) mass is 592 g/mol. The summed E-state index contributed by atoms with van der Waals surface area (Å²) in [5.74, 6) is -1.09. The van der Waals surface area contributed by atoms with E-state index in [1.54, 1.807) is 0 Å². The van der Waals surface area contributed by atoms with E-state index in [4.69, 9.17) is 0 Å². The second-order valence-corrected chi connectivity index (χ2v) is 12.9. The van der Waals surface area contributed by atoms with Gasteiger partial charge < -0.3 is 16.0 Å². The van der Waals surface area contributed by atoms with Gasteiger partial charge >= 0.3 is 6.18 Å². The van der Waals surface area contributed by atoms with Crippen LogP contribution < -0.4 is 16.0 Å². The Balaban J connectivity index is 1.26. The highest BCUT2D eigenvalue weighted by molar-refractivity contribution is 7.89. The molecule has 1 heterocycles. The van der Waals surface area contributed by atoms with Gasteiger partial charge in [-0.25, -0.2) is 8.42 Å². The Kier molecular flexibility index (Phi) is 8.72. The van der Waals surface area contributed by atoms with E-state index in [2.05, 4.69) is 28.1 Å². The number of halogens is 3. The van der Waals surface area contributed by atoms with Crippen LogP contribution in [0.4, 0.5) is 13.2 Å². The van der Waals surface area contributed by atoms with E-state index in [0.29, 0.717) is 18.2 Å². The highest BCUT2D eigenvalue weighted by Gasteiger charge is 2.40. The van der Waals surface area contributed by atoms with Gasteiger partial charge in [0, 0.05) is 25.7 Å². The average molecular weight is 593 g/mol. The summed E-state index contributed by atoms with van der Waals surface area (Å²) in [5.41, 5.74) is 2.42. The number of hydrogen-bond acceptors (Lipinski definition) is 5. The maximum Gasteiger partial charge on any atom is 0.416 e. The topological polar surface area (TPSA) is 108 Å². The van der Waals surface area contributed by atoms with Crippen molar-refractivity contribution in [2.45, 2.75) is 87.1 Å². The van der Waals surface area contributed by atoms with Crippen molar-refractivity contribution in [2.24, 2.45) is 0 Å². The summed E-state index contributed by atoms with van der Waals surface area (Å²) >= 11 is 0. The lowest BCUT2D eigenvalue weighted by Gasteiger charge is -2.34. The first kappa shape index (κ1) is 29.5. The number of aryl methyl sites for hydroxylation is 1. The lowest BCUT2D eigenvalue weighted by atomic mass is 9.86. The number of piperazine rings is 1. The zero-order valence-electron chi connectivity index (χ0n) is 22.7. The Hall–Kier alpha value is -2.96. The smallest absolute Gasteiger partial charge is 0.353 e. The first-order valence-electron chi connectivity index (χ1n) is 14.1. The van der Waals surface area contributed by atoms with Crippen molar-refractivity contribution in [1.82, 2.24) is 20.3 Å². The van der Waals surface area contributed by atoms with Gasteiger partial charge in [-0.05, 0) is 73.1 Å². The lowest BCUT2D eigenvalue weighted by Crippen LogP contribution is -2.58. The number of amides is 2. The molecule has 2 aromatic rings. The predicted octanol–water partition coefficient (Wildman–Crippen LogP) is 3.81. The van der Waals surface area contributed by atoms with Gasteiger partial charge in [0.05, 0.1) is 22.9 Å². The van der Waals surface area contributed by atoms with E-state index in [0.717, 1.165) is 47.8 Å². The van der Waals surface area contributed by atoms with Crippen LogP contribution in [-0.4, -0.2) is 49.7 Å². The van der Waals surface area contributed by atoms with Gasteiger partial charge in [0.2, 0.25) is 21.8 Å². The van der Waals surface area contributed by atoms with Crippen LogP contribution in [0, 0.1) is 0 Å². The van der Waals surface area contributed by atoms with Gasteiger partial charge in [0.15, 0.2) is 0 Å². The number of nitrogens with one attached hydrogen (secondary N) is 3. The largest absolute Gasteiger partial charge is 0.416 e. The van der Waals surface area contributed by atoms with Gasteiger partial charge in [0.1, 0.15) is 6.04 Å². The van der Waals surface area contributed by atoms with E-state index < -0.39 is 46.0 Å². The highest BCUT2D eigenvalue weighted by atomic mass is 32.2. The summed E-state index contributed by atoms with van der Waals surface area (Å²) in [6.07, 6.45) is 2.46. The van der Waals surface area contributed by atoms with Crippen molar-refractivity contribution >= 4 is 21.8 Å². The molecule has 222 valence electrons. The third kappa shape index (κ3) is 6.76. The fraction of sp³-hybridized carbons (Fsp3) is 0.517. The van der Waals surface area contributed by atoms with Crippen LogP contribution in [0.15, 0.2) is 47.4 Å². The number of rotatable bonds is 8.